The predicted molar refractivity (Wildman–Crippen MR) is 110 cm³/mol. The van der Waals surface area contributed by atoms with E-state index < -0.39 is 5.97 Å². The minimum absolute atomic E-state index is 0. The van der Waals surface area contributed by atoms with Crippen LogP contribution in [-0.2, 0) is 16.1 Å². The first-order valence-electron chi connectivity index (χ1n) is 9.08. The molecular formula is C21H25ClN2O4. The van der Waals surface area contributed by atoms with Gasteiger partial charge in [-0.2, -0.15) is 0 Å². The van der Waals surface area contributed by atoms with Crippen molar-refractivity contribution >= 4 is 30.0 Å². The molecule has 6 nitrogen and oxygen atoms in total. The number of rotatable bonds is 7. The molecule has 1 atom stereocenters. The maximum atomic E-state index is 12.4. The van der Waals surface area contributed by atoms with E-state index in [1.165, 1.54) is 7.11 Å². The molecule has 0 saturated carbocycles. The van der Waals surface area contributed by atoms with Crippen LogP contribution in [0.25, 0.3) is 0 Å². The molecule has 0 spiro atoms. The maximum Gasteiger partial charge on any atom is 0.337 e. The Morgan fingerprint density at radius 2 is 1.96 bits per heavy atom. The minimum Gasteiger partial charge on any atom is -0.487 e. The third kappa shape index (κ3) is 5.97. The van der Waals surface area contributed by atoms with E-state index in [2.05, 4.69) is 10.6 Å². The lowest BCUT2D eigenvalue weighted by molar-refractivity contribution is -0.116. The second-order valence-electron chi connectivity index (χ2n) is 6.52. The molecule has 3 rings (SSSR count). The highest BCUT2D eigenvalue weighted by atomic mass is 35.5. The molecule has 1 unspecified atom stereocenters. The van der Waals surface area contributed by atoms with Gasteiger partial charge in [-0.05, 0) is 43.1 Å². The van der Waals surface area contributed by atoms with E-state index in [1.54, 1.807) is 18.2 Å². The van der Waals surface area contributed by atoms with E-state index in [0.29, 0.717) is 30.0 Å². The van der Waals surface area contributed by atoms with Crippen molar-refractivity contribution < 1.29 is 19.1 Å². The summed E-state index contributed by atoms with van der Waals surface area (Å²) < 4.78 is 10.7. The van der Waals surface area contributed by atoms with Gasteiger partial charge in [0.1, 0.15) is 12.4 Å². The van der Waals surface area contributed by atoms with Crippen LogP contribution in [0, 0.1) is 0 Å². The number of carbonyl (C=O) groups excluding carboxylic acids is 2. The maximum absolute atomic E-state index is 12.4. The molecule has 150 valence electrons. The summed E-state index contributed by atoms with van der Waals surface area (Å²) in [5.41, 5.74) is 1.85. The number of amides is 1. The topological polar surface area (TPSA) is 76.7 Å². The zero-order chi connectivity index (χ0) is 19.1. The van der Waals surface area contributed by atoms with Gasteiger partial charge < -0.3 is 20.1 Å². The summed E-state index contributed by atoms with van der Waals surface area (Å²) in [4.78, 5) is 24.3. The second-order valence-corrected chi connectivity index (χ2v) is 6.52. The molecule has 1 amide bonds. The first-order valence-corrected chi connectivity index (χ1v) is 9.08. The number of ether oxygens (including phenoxy) is 2. The van der Waals surface area contributed by atoms with Gasteiger partial charge in [0.2, 0.25) is 5.91 Å². The molecule has 2 aromatic carbocycles. The molecule has 1 aliphatic heterocycles. The van der Waals surface area contributed by atoms with E-state index in [1.807, 2.05) is 30.3 Å². The third-order valence-corrected chi connectivity index (χ3v) is 4.51. The van der Waals surface area contributed by atoms with Crippen LogP contribution in [0.15, 0.2) is 48.5 Å². The molecule has 1 heterocycles. The summed E-state index contributed by atoms with van der Waals surface area (Å²) >= 11 is 0. The average molecular weight is 405 g/mol. The van der Waals surface area contributed by atoms with Crippen LogP contribution in [0.2, 0.25) is 0 Å². The molecule has 2 aromatic rings. The zero-order valence-corrected chi connectivity index (χ0v) is 16.6. The number of methoxy groups -OCH3 is 1. The highest BCUT2D eigenvalue weighted by Crippen LogP contribution is 2.28. The minimum atomic E-state index is -0.461. The van der Waals surface area contributed by atoms with Gasteiger partial charge in [0.15, 0.2) is 0 Å². The molecule has 28 heavy (non-hydrogen) atoms. The van der Waals surface area contributed by atoms with Crippen LogP contribution < -0.4 is 15.4 Å². The quantitative estimate of drug-likeness (QED) is 0.690. The van der Waals surface area contributed by atoms with E-state index in [0.717, 1.165) is 24.9 Å². The summed E-state index contributed by atoms with van der Waals surface area (Å²) in [6.07, 6.45) is 2.47. The number of halogens is 1. The summed E-state index contributed by atoms with van der Waals surface area (Å²) in [5, 5.41) is 6.19. The lowest BCUT2D eigenvalue weighted by atomic mass is 10.1. The Hall–Kier alpha value is -2.57. The Morgan fingerprint density at radius 1 is 1.18 bits per heavy atom. The monoisotopic (exact) mass is 404 g/mol. The molecule has 1 saturated heterocycles. The van der Waals surface area contributed by atoms with Crippen molar-refractivity contribution in [2.45, 2.75) is 31.9 Å². The highest BCUT2D eigenvalue weighted by molar-refractivity contribution is 5.96. The first kappa shape index (κ1) is 21.7. The standard InChI is InChI=1S/C21H24N2O4.ClH/c1-26-21(25)16-9-10-19(27-14-15-6-3-2-4-7-15)18(12-16)23-20(24)13-17-8-5-11-22-17;/h2-4,6-7,9-10,12,17,22H,5,8,11,13-14H2,1H3,(H,23,24);1H. The molecule has 1 fully saturated rings. The second kappa shape index (κ2) is 10.7. The zero-order valence-electron chi connectivity index (χ0n) is 15.8. The van der Waals surface area contributed by atoms with E-state index >= 15 is 0 Å². The smallest absolute Gasteiger partial charge is 0.337 e. The van der Waals surface area contributed by atoms with Crippen LogP contribution in [0.5, 0.6) is 5.75 Å². The normalized spacial score (nSPS) is 15.4. The molecule has 1 aliphatic rings. The van der Waals surface area contributed by atoms with Crippen LogP contribution in [0.3, 0.4) is 0 Å². The van der Waals surface area contributed by atoms with Crippen molar-refractivity contribution in [2.24, 2.45) is 0 Å². The number of hydrogen-bond acceptors (Lipinski definition) is 5. The number of benzene rings is 2. The van der Waals surface area contributed by atoms with Crippen molar-refractivity contribution in [3.05, 3.63) is 59.7 Å². The first-order chi connectivity index (χ1) is 13.2. The van der Waals surface area contributed by atoms with Gasteiger partial charge in [0, 0.05) is 12.5 Å². The Morgan fingerprint density at radius 3 is 2.64 bits per heavy atom. The molecule has 0 radical (unpaired) electrons. The highest BCUT2D eigenvalue weighted by Gasteiger charge is 2.19. The van der Waals surface area contributed by atoms with Gasteiger partial charge >= 0.3 is 5.97 Å². The number of hydrogen-bond donors (Lipinski definition) is 2. The third-order valence-electron chi connectivity index (χ3n) is 4.51. The van der Waals surface area contributed by atoms with Crippen molar-refractivity contribution in [3.8, 4) is 5.75 Å². The Bertz CT molecular complexity index is 792. The van der Waals surface area contributed by atoms with E-state index in [9.17, 15) is 9.59 Å². The molecular weight excluding hydrogens is 380 g/mol. The SMILES string of the molecule is COC(=O)c1ccc(OCc2ccccc2)c(NC(=O)CC2CCCN2)c1.Cl. The lowest BCUT2D eigenvalue weighted by Crippen LogP contribution is -2.27. The van der Waals surface area contributed by atoms with Gasteiger partial charge in [0.25, 0.3) is 0 Å². The molecule has 0 aromatic heterocycles. The van der Waals surface area contributed by atoms with E-state index in [-0.39, 0.29) is 24.4 Å². The number of anilines is 1. The van der Waals surface area contributed by atoms with Crippen molar-refractivity contribution in [3.63, 3.8) is 0 Å². The largest absolute Gasteiger partial charge is 0.487 e. The molecule has 0 bridgehead atoms. The molecule has 0 aliphatic carbocycles. The summed E-state index contributed by atoms with van der Waals surface area (Å²) in [5.74, 6) is -0.0576. The van der Waals surface area contributed by atoms with Crippen LogP contribution in [-0.4, -0.2) is 31.6 Å². The Labute approximate surface area is 171 Å². The summed E-state index contributed by atoms with van der Waals surface area (Å²) in [6.45, 7) is 1.31. The van der Waals surface area contributed by atoms with Crippen LogP contribution in [0.1, 0.15) is 35.2 Å². The van der Waals surface area contributed by atoms with Crippen molar-refractivity contribution in [1.29, 1.82) is 0 Å². The average Bonchev–Trinajstić information content (AvgIpc) is 3.20. The summed E-state index contributed by atoms with van der Waals surface area (Å²) in [6, 6.07) is 14.8. The van der Waals surface area contributed by atoms with Gasteiger partial charge in [-0.15, -0.1) is 12.4 Å². The fourth-order valence-corrected chi connectivity index (χ4v) is 3.09. The van der Waals surface area contributed by atoms with Gasteiger partial charge in [-0.1, -0.05) is 30.3 Å². The molecule has 2 N–H and O–H groups in total. The Balaban J connectivity index is 0.00000280. The predicted octanol–water partition coefficient (Wildman–Crippen LogP) is 3.55. The van der Waals surface area contributed by atoms with Crippen LogP contribution >= 0.6 is 12.4 Å². The fourth-order valence-electron chi connectivity index (χ4n) is 3.09. The van der Waals surface area contributed by atoms with Crippen LogP contribution in [0.4, 0.5) is 5.69 Å². The van der Waals surface area contributed by atoms with E-state index in [4.69, 9.17) is 9.47 Å². The van der Waals surface area contributed by atoms with Crippen molar-refractivity contribution in [1.82, 2.24) is 5.32 Å². The number of carbonyl (C=O) groups is 2. The van der Waals surface area contributed by atoms with Gasteiger partial charge in [-0.25, -0.2) is 4.79 Å². The number of esters is 1. The van der Waals surface area contributed by atoms with Crippen molar-refractivity contribution in [2.75, 3.05) is 19.0 Å². The molecule has 7 heteroatoms. The summed E-state index contributed by atoms with van der Waals surface area (Å²) in [7, 11) is 1.33. The fraction of sp³-hybridized carbons (Fsp3) is 0.333. The Kier molecular flexibility index (Phi) is 8.29. The van der Waals surface area contributed by atoms with Gasteiger partial charge in [0.05, 0.1) is 18.4 Å². The number of nitrogens with one attached hydrogen (secondary N) is 2. The lowest BCUT2D eigenvalue weighted by Gasteiger charge is -2.15. The van der Waals surface area contributed by atoms with Gasteiger partial charge in [-0.3, -0.25) is 4.79 Å².